The highest BCUT2D eigenvalue weighted by atomic mass is 16.5. The molecule has 1 aliphatic heterocycles. The Hall–Kier alpha value is -3.42. The number of carbonyl (C=O) groups is 2. The zero-order valence-corrected chi connectivity index (χ0v) is 13.1. The minimum atomic E-state index is -0.218. The molecule has 0 saturated carbocycles. The highest BCUT2D eigenvalue weighted by Crippen LogP contribution is 2.29. The molecule has 3 aromatic rings. The maximum atomic E-state index is 12.6. The van der Waals surface area contributed by atoms with Gasteiger partial charge in [-0.15, -0.1) is 0 Å². The second kappa shape index (κ2) is 6.23. The van der Waals surface area contributed by atoms with Gasteiger partial charge in [0.1, 0.15) is 6.54 Å². The van der Waals surface area contributed by atoms with Crippen molar-refractivity contribution < 1.29 is 18.5 Å². The van der Waals surface area contributed by atoms with Crippen LogP contribution in [0.5, 0.6) is 0 Å². The summed E-state index contributed by atoms with van der Waals surface area (Å²) in [5.41, 5.74) is 1.32. The molecule has 1 aromatic carbocycles. The van der Waals surface area contributed by atoms with Gasteiger partial charge in [0.15, 0.2) is 5.76 Å². The molecule has 4 rings (SSSR count). The van der Waals surface area contributed by atoms with Crippen LogP contribution in [0.25, 0.3) is 11.6 Å². The summed E-state index contributed by atoms with van der Waals surface area (Å²) in [6.45, 7) is -0.00265. The SMILES string of the molecule is O=C1CN(C(=O)CCc2nc(-c3ccco3)no2)c2ccccc2N1. The minimum absolute atomic E-state index is 0.00265. The number of aryl methyl sites for hydroxylation is 1. The van der Waals surface area contributed by atoms with Crippen molar-refractivity contribution in [2.24, 2.45) is 0 Å². The Morgan fingerprint density at radius 3 is 2.96 bits per heavy atom. The highest BCUT2D eigenvalue weighted by Gasteiger charge is 2.26. The number of hydrogen-bond donors (Lipinski definition) is 1. The molecule has 0 aliphatic carbocycles. The molecule has 0 bridgehead atoms. The largest absolute Gasteiger partial charge is 0.461 e. The van der Waals surface area contributed by atoms with E-state index in [4.69, 9.17) is 8.94 Å². The van der Waals surface area contributed by atoms with E-state index < -0.39 is 0 Å². The van der Waals surface area contributed by atoms with E-state index in [0.29, 0.717) is 28.9 Å². The van der Waals surface area contributed by atoms with Gasteiger partial charge in [0.2, 0.25) is 23.5 Å². The molecule has 25 heavy (non-hydrogen) atoms. The summed E-state index contributed by atoms with van der Waals surface area (Å²) in [7, 11) is 0. The molecular formula is C17H14N4O4. The average molecular weight is 338 g/mol. The first-order valence-electron chi connectivity index (χ1n) is 7.76. The van der Waals surface area contributed by atoms with Crippen LogP contribution in [-0.2, 0) is 16.0 Å². The normalized spacial score (nSPS) is 13.4. The number of benzene rings is 1. The molecule has 1 N–H and O–H groups in total. The van der Waals surface area contributed by atoms with Crippen LogP contribution in [0.4, 0.5) is 11.4 Å². The van der Waals surface area contributed by atoms with Crippen LogP contribution >= 0.6 is 0 Å². The third kappa shape index (κ3) is 3.01. The summed E-state index contributed by atoms with van der Waals surface area (Å²) in [6.07, 6.45) is 1.96. The van der Waals surface area contributed by atoms with Gasteiger partial charge in [0.25, 0.3) is 0 Å². The summed E-state index contributed by atoms with van der Waals surface area (Å²) in [6, 6.07) is 10.7. The summed E-state index contributed by atoms with van der Waals surface area (Å²) >= 11 is 0. The first-order chi connectivity index (χ1) is 12.2. The molecule has 2 aromatic heterocycles. The molecule has 8 heteroatoms. The topological polar surface area (TPSA) is 101 Å². The van der Waals surface area contributed by atoms with E-state index in [1.807, 2.05) is 12.1 Å². The fourth-order valence-electron chi connectivity index (χ4n) is 2.67. The van der Waals surface area contributed by atoms with E-state index in [2.05, 4.69) is 15.5 Å². The fraction of sp³-hybridized carbons (Fsp3) is 0.176. The van der Waals surface area contributed by atoms with Gasteiger partial charge >= 0.3 is 0 Å². The number of nitrogens with zero attached hydrogens (tertiary/aromatic N) is 3. The molecule has 8 nitrogen and oxygen atoms in total. The molecule has 0 atom stereocenters. The lowest BCUT2D eigenvalue weighted by molar-refractivity contribution is -0.121. The van der Waals surface area contributed by atoms with Crippen molar-refractivity contribution in [3.63, 3.8) is 0 Å². The first-order valence-corrected chi connectivity index (χ1v) is 7.76. The number of nitrogens with one attached hydrogen (secondary N) is 1. The molecule has 0 fully saturated rings. The predicted molar refractivity (Wildman–Crippen MR) is 87.7 cm³/mol. The second-order valence-electron chi connectivity index (χ2n) is 5.53. The molecule has 3 heterocycles. The van der Waals surface area contributed by atoms with Crippen molar-refractivity contribution in [1.29, 1.82) is 0 Å². The minimum Gasteiger partial charge on any atom is -0.461 e. The highest BCUT2D eigenvalue weighted by molar-refractivity contribution is 6.09. The number of hydrogen-bond acceptors (Lipinski definition) is 6. The molecule has 0 spiro atoms. The van der Waals surface area contributed by atoms with E-state index in [9.17, 15) is 9.59 Å². The summed E-state index contributed by atoms with van der Waals surface area (Å²) in [5.74, 6) is 0.789. The van der Waals surface area contributed by atoms with Gasteiger partial charge in [-0.3, -0.25) is 9.59 Å². The van der Waals surface area contributed by atoms with Gasteiger partial charge in [-0.25, -0.2) is 0 Å². The standard InChI is InChI=1S/C17H14N4O4/c22-14-10-21(12-5-2-1-4-11(12)18-14)16(23)8-7-15-19-17(20-25-15)13-6-3-9-24-13/h1-6,9H,7-8,10H2,(H,18,22). The summed E-state index contributed by atoms with van der Waals surface area (Å²) in [5, 5.41) is 6.58. The van der Waals surface area contributed by atoms with E-state index in [-0.39, 0.29) is 31.2 Å². The quantitative estimate of drug-likeness (QED) is 0.783. The van der Waals surface area contributed by atoms with Crippen LogP contribution in [0, 0.1) is 0 Å². The lowest BCUT2D eigenvalue weighted by atomic mass is 10.1. The van der Waals surface area contributed by atoms with E-state index in [1.165, 1.54) is 11.2 Å². The number of para-hydroxylation sites is 2. The number of fused-ring (bicyclic) bond motifs is 1. The van der Waals surface area contributed by atoms with Crippen LogP contribution in [0.15, 0.2) is 51.6 Å². The Kier molecular flexibility index (Phi) is 3.77. The van der Waals surface area contributed by atoms with Crippen molar-refractivity contribution in [1.82, 2.24) is 10.1 Å². The zero-order chi connectivity index (χ0) is 17.2. The van der Waals surface area contributed by atoms with E-state index in [0.717, 1.165) is 0 Å². The number of furan rings is 1. The summed E-state index contributed by atoms with van der Waals surface area (Å²) < 4.78 is 10.3. The number of rotatable bonds is 4. The lowest BCUT2D eigenvalue weighted by Crippen LogP contribution is -2.42. The van der Waals surface area contributed by atoms with Gasteiger partial charge in [-0.2, -0.15) is 4.98 Å². The first kappa shape index (κ1) is 15.1. The van der Waals surface area contributed by atoms with Crippen LogP contribution in [0.1, 0.15) is 12.3 Å². The summed E-state index contributed by atoms with van der Waals surface area (Å²) in [4.78, 5) is 30.0. The number of amides is 2. The van der Waals surface area contributed by atoms with Gasteiger partial charge in [0.05, 0.1) is 17.6 Å². The second-order valence-corrected chi connectivity index (χ2v) is 5.53. The van der Waals surface area contributed by atoms with E-state index in [1.54, 1.807) is 24.3 Å². The zero-order valence-electron chi connectivity index (χ0n) is 13.1. The molecule has 0 radical (unpaired) electrons. The number of anilines is 2. The Labute approximate surface area is 142 Å². The maximum Gasteiger partial charge on any atom is 0.244 e. The van der Waals surface area contributed by atoms with Gasteiger partial charge in [-0.1, -0.05) is 17.3 Å². The Morgan fingerprint density at radius 2 is 2.12 bits per heavy atom. The lowest BCUT2D eigenvalue weighted by Gasteiger charge is -2.29. The fourth-order valence-corrected chi connectivity index (χ4v) is 2.67. The van der Waals surface area contributed by atoms with Crippen molar-refractivity contribution >= 4 is 23.2 Å². The van der Waals surface area contributed by atoms with Gasteiger partial charge in [0, 0.05) is 12.8 Å². The van der Waals surface area contributed by atoms with Crippen LogP contribution < -0.4 is 10.2 Å². The number of aromatic nitrogens is 2. The van der Waals surface area contributed by atoms with Crippen molar-refractivity contribution in [2.75, 3.05) is 16.8 Å². The average Bonchev–Trinajstić information content (AvgIpc) is 3.30. The van der Waals surface area contributed by atoms with Gasteiger partial charge < -0.3 is 19.2 Å². The van der Waals surface area contributed by atoms with Crippen LogP contribution in [0.2, 0.25) is 0 Å². The van der Waals surface area contributed by atoms with Crippen molar-refractivity contribution in [2.45, 2.75) is 12.8 Å². The molecule has 0 unspecified atom stereocenters. The maximum absolute atomic E-state index is 12.6. The van der Waals surface area contributed by atoms with Crippen LogP contribution in [0.3, 0.4) is 0 Å². The molecule has 1 aliphatic rings. The third-order valence-corrected chi connectivity index (χ3v) is 3.83. The third-order valence-electron chi connectivity index (χ3n) is 3.83. The Morgan fingerprint density at radius 1 is 1.24 bits per heavy atom. The van der Waals surface area contributed by atoms with Crippen molar-refractivity contribution in [3.05, 3.63) is 48.6 Å². The molecular weight excluding hydrogens is 324 g/mol. The monoisotopic (exact) mass is 338 g/mol. The molecule has 0 saturated heterocycles. The predicted octanol–water partition coefficient (Wildman–Crippen LogP) is 2.25. The van der Waals surface area contributed by atoms with Crippen LogP contribution in [-0.4, -0.2) is 28.5 Å². The Balaban J connectivity index is 1.45. The molecule has 126 valence electrons. The van der Waals surface area contributed by atoms with Gasteiger partial charge in [-0.05, 0) is 24.3 Å². The number of carbonyl (C=O) groups excluding carboxylic acids is 2. The van der Waals surface area contributed by atoms with Crippen molar-refractivity contribution in [3.8, 4) is 11.6 Å². The van der Waals surface area contributed by atoms with E-state index >= 15 is 0 Å². The smallest absolute Gasteiger partial charge is 0.244 e. The molecule has 2 amide bonds. The Bertz CT molecular complexity index is 916.